The number of nitrogens with one attached hydrogen (secondary N) is 1. The third kappa shape index (κ3) is 4.96. The summed E-state index contributed by atoms with van der Waals surface area (Å²) in [7, 11) is 0. The van der Waals surface area contributed by atoms with Crippen molar-refractivity contribution in [2.75, 3.05) is 6.54 Å². The molecule has 2 atom stereocenters. The topological polar surface area (TPSA) is 21.3 Å². The van der Waals surface area contributed by atoms with E-state index in [0.29, 0.717) is 6.10 Å². The highest BCUT2D eigenvalue weighted by molar-refractivity contribution is 5.22. The second kappa shape index (κ2) is 7.66. The standard InChI is InChI=1S/C17H27NO/c1-3-18-12-15-7-5-8-16(11-15)13-19-17-9-4-6-14(2)10-17/h5,7-8,11,14,17-18H,3-4,6,9-10,12-13H2,1-2H3. The Morgan fingerprint density at radius 1 is 1.26 bits per heavy atom. The molecule has 2 rings (SSSR count). The van der Waals surface area contributed by atoms with Crippen LogP contribution in [0.5, 0.6) is 0 Å². The van der Waals surface area contributed by atoms with Gasteiger partial charge in [-0.2, -0.15) is 0 Å². The number of hydrogen-bond donors (Lipinski definition) is 1. The molecule has 0 aromatic heterocycles. The molecule has 0 saturated heterocycles. The second-order valence-corrected chi connectivity index (χ2v) is 5.81. The van der Waals surface area contributed by atoms with Crippen LogP contribution in [-0.4, -0.2) is 12.6 Å². The van der Waals surface area contributed by atoms with Crippen LogP contribution in [0.3, 0.4) is 0 Å². The molecule has 106 valence electrons. The van der Waals surface area contributed by atoms with E-state index in [1.807, 2.05) is 0 Å². The van der Waals surface area contributed by atoms with Gasteiger partial charge in [-0.3, -0.25) is 0 Å². The van der Waals surface area contributed by atoms with Crippen LogP contribution in [0.15, 0.2) is 24.3 Å². The first kappa shape index (κ1) is 14.5. The van der Waals surface area contributed by atoms with Gasteiger partial charge in [0.2, 0.25) is 0 Å². The highest BCUT2D eigenvalue weighted by atomic mass is 16.5. The molecule has 1 aromatic carbocycles. The Hall–Kier alpha value is -0.860. The van der Waals surface area contributed by atoms with Gasteiger partial charge in [-0.25, -0.2) is 0 Å². The van der Waals surface area contributed by atoms with E-state index in [-0.39, 0.29) is 0 Å². The van der Waals surface area contributed by atoms with Gasteiger partial charge in [0, 0.05) is 6.54 Å². The molecule has 2 heteroatoms. The molecule has 1 saturated carbocycles. The molecule has 1 aliphatic rings. The molecule has 1 fully saturated rings. The lowest BCUT2D eigenvalue weighted by atomic mass is 9.89. The molecule has 0 heterocycles. The van der Waals surface area contributed by atoms with E-state index in [1.54, 1.807) is 0 Å². The smallest absolute Gasteiger partial charge is 0.0720 e. The van der Waals surface area contributed by atoms with Crippen LogP contribution in [0, 0.1) is 5.92 Å². The summed E-state index contributed by atoms with van der Waals surface area (Å²) in [5.41, 5.74) is 2.65. The van der Waals surface area contributed by atoms with E-state index < -0.39 is 0 Å². The average Bonchev–Trinajstić information content (AvgIpc) is 2.43. The molecule has 2 unspecified atom stereocenters. The Morgan fingerprint density at radius 3 is 2.89 bits per heavy atom. The third-order valence-electron chi connectivity index (χ3n) is 3.94. The van der Waals surface area contributed by atoms with E-state index in [2.05, 4.69) is 43.4 Å². The monoisotopic (exact) mass is 261 g/mol. The van der Waals surface area contributed by atoms with Crippen molar-refractivity contribution in [2.45, 2.75) is 58.8 Å². The van der Waals surface area contributed by atoms with Gasteiger partial charge in [-0.05, 0) is 36.4 Å². The largest absolute Gasteiger partial charge is 0.374 e. The Labute approximate surface area is 117 Å². The van der Waals surface area contributed by atoms with Crippen LogP contribution in [0.4, 0.5) is 0 Å². The van der Waals surface area contributed by atoms with Gasteiger partial charge < -0.3 is 10.1 Å². The Bertz CT molecular complexity index is 377. The van der Waals surface area contributed by atoms with Crippen LogP contribution >= 0.6 is 0 Å². The van der Waals surface area contributed by atoms with Gasteiger partial charge in [0.1, 0.15) is 0 Å². The fourth-order valence-electron chi connectivity index (χ4n) is 2.84. The van der Waals surface area contributed by atoms with Crippen molar-refractivity contribution in [1.82, 2.24) is 5.32 Å². The summed E-state index contributed by atoms with van der Waals surface area (Å²) in [5, 5.41) is 3.36. The maximum atomic E-state index is 6.08. The van der Waals surface area contributed by atoms with Crippen molar-refractivity contribution in [2.24, 2.45) is 5.92 Å². The van der Waals surface area contributed by atoms with Gasteiger partial charge in [-0.1, -0.05) is 51.0 Å². The third-order valence-corrected chi connectivity index (χ3v) is 3.94. The predicted octanol–water partition coefficient (Wildman–Crippen LogP) is 3.89. The Balaban J connectivity index is 1.81. The quantitative estimate of drug-likeness (QED) is 0.838. The molecule has 0 spiro atoms. The summed E-state index contributed by atoms with van der Waals surface area (Å²) in [6.07, 6.45) is 5.64. The van der Waals surface area contributed by atoms with Crippen LogP contribution in [0.2, 0.25) is 0 Å². The van der Waals surface area contributed by atoms with Crippen LogP contribution in [0.25, 0.3) is 0 Å². The van der Waals surface area contributed by atoms with Crippen molar-refractivity contribution < 1.29 is 4.74 Å². The molecule has 0 radical (unpaired) electrons. The summed E-state index contributed by atoms with van der Waals surface area (Å²) in [5.74, 6) is 0.832. The molecule has 0 bridgehead atoms. The van der Waals surface area contributed by atoms with Gasteiger partial charge >= 0.3 is 0 Å². The highest BCUT2D eigenvalue weighted by Crippen LogP contribution is 2.26. The first-order valence-corrected chi connectivity index (χ1v) is 7.68. The normalized spacial score (nSPS) is 23.5. The minimum atomic E-state index is 0.473. The number of benzene rings is 1. The summed E-state index contributed by atoms with van der Waals surface area (Å²) in [6, 6.07) is 8.74. The zero-order valence-electron chi connectivity index (χ0n) is 12.3. The lowest BCUT2D eigenvalue weighted by molar-refractivity contribution is 0.00464. The fourth-order valence-corrected chi connectivity index (χ4v) is 2.84. The van der Waals surface area contributed by atoms with Crippen molar-refractivity contribution >= 4 is 0 Å². The molecule has 1 aliphatic carbocycles. The number of ether oxygens (including phenoxy) is 1. The van der Waals surface area contributed by atoms with Crippen LogP contribution < -0.4 is 5.32 Å². The first-order valence-electron chi connectivity index (χ1n) is 7.68. The number of hydrogen-bond acceptors (Lipinski definition) is 2. The van der Waals surface area contributed by atoms with E-state index in [1.165, 1.54) is 36.8 Å². The minimum absolute atomic E-state index is 0.473. The molecular formula is C17H27NO. The number of rotatable bonds is 6. The lowest BCUT2D eigenvalue weighted by Crippen LogP contribution is -2.21. The molecular weight excluding hydrogens is 234 g/mol. The maximum absolute atomic E-state index is 6.08. The Kier molecular flexibility index (Phi) is 5.87. The molecule has 0 aliphatic heterocycles. The molecule has 19 heavy (non-hydrogen) atoms. The molecule has 2 nitrogen and oxygen atoms in total. The van der Waals surface area contributed by atoms with Gasteiger partial charge in [0.25, 0.3) is 0 Å². The SMILES string of the molecule is CCNCc1cccc(COC2CCCC(C)C2)c1. The highest BCUT2D eigenvalue weighted by Gasteiger charge is 2.19. The van der Waals surface area contributed by atoms with Crippen LogP contribution in [-0.2, 0) is 17.9 Å². The Morgan fingerprint density at radius 2 is 2.11 bits per heavy atom. The van der Waals surface area contributed by atoms with Gasteiger partial charge in [0.15, 0.2) is 0 Å². The summed E-state index contributed by atoms with van der Waals surface area (Å²) in [4.78, 5) is 0. The summed E-state index contributed by atoms with van der Waals surface area (Å²) in [6.45, 7) is 7.20. The van der Waals surface area contributed by atoms with E-state index >= 15 is 0 Å². The zero-order valence-corrected chi connectivity index (χ0v) is 12.3. The van der Waals surface area contributed by atoms with E-state index in [4.69, 9.17) is 4.74 Å². The van der Waals surface area contributed by atoms with Crippen molar-refractivity contribution in [1.29, 1.82) is 0 Å². The molecule has 1 N–H and O–H groups in total. The maximum Gasteiger partial charge on any atom is 0.0720 e. The summed E-state index contributed by atoms with van der Waals surface area (Å²) < 4.78 is 6.08. The molecule has 0 amide bonds. The van der Waals surface area contributed by atoms with Crippen molar-refractivity contribution in [3.63, 3.8) is 0 Å². The zero-order chi connectivity index (χ0) is 13.5. The first-order chi connectivity index (χ1) is 9.28. The predicted molar refractivity (Wildman–Crippen MR) is 80.0 cm³/mol. The minimum Gasteiger partial charge on any atom is -0.374 e. The van der Waals surface area contributed by atoms with Crippen molar-refractivity contribution in [3.8, 4) is 0 Å². The van der Waals surface area contributed by atoms with Gasteiger partial charge in [-0.15, -0.1) is 0 Å². The summed E-state index contributed by atoms with van der Waals surface area (Å²) >= 11 is 0. The molecule has 1 aromatic rings. The van der Waals surface area contributed by atoms with E-state index in [9.17, 15) is 0 Å². The van der Waals surface area contributed by atoms with E-state index in [0.717, 1.165) is 25.6 Å². The fraction of sp³-hybridized carbons (Fsp3) is 0.647. The van der Waals surface area contributed by atoms with Gasteiger partial charge in [0.05, 0.1) is 12.7 Å². The second-order valence-electron chi connectivity index (χ2n) is 5.81. The van der Waals surface area contributed by atoms with Crippen LogP contribution in [0.1, 0.15) is 50.7 Å². The lowest BCUT2D eigenvalue weighted by Gasteiger charge is -2.26. The van der Waals surface area contributed by atoms with Crippen molar-refractivity contribution in [3.05, 3.63) is 35.4 Å². The average molecular weight is 261 g/mol.